The number of hydrogen-bond acceptors (Lipinski definition) is 8. The molecule has 2 aliphatic rings. The van der Waals surface area contributed by atoms with E-state index in [4.69, 9.17) is 18.6 Å². The van der Waals surface area contributed by atoms with E-state index in [0.29, 0.717) is 62.3 Å². The molecular formula is C28H36N2O7. The second kappa shape index (κ2) is 12.3. The summed E-state index contributed by atoms with van der Waals surface area (Å²) in [5.74, 6) is 0.143. The summed E-state index contributed by atoms with van der Waals surface area (Å²) in [5.41, 5.74) is 0.653. The van der Waals surface area contributed by atoms with Crippen molar-refractivity contribution < 1.29 is 33.3 Å². The van der Waals surface area contributed by atoms with Crippen molar-refractivity contribution in [3.05, 3.63) is 58.7 Å². The fourth-order valence-electron chi connectivity index (χ4n) is 4.63. The average molecular weight is 513 g/mol. The Kier molecular flexibility index (Phi) is 8.89. The minimum absolute atomic E-state index is 0.00317. The highest BCUT2D eigenvalue weighted by molar-refractivity contribution is 6.15. The molecule has 9 heteroatoms. The van der Waals surface area contributed by atoms with Crippen LogP contribution in [0.2, 0.25) is 0 Å². The van der Waals surface area contributed by atoms with E-state index in [2.05, 4.69) is 11.8 Å². The third-order valence-electron chi connectivity index (χ3n) is 6.61. The molecule has 37 heavy (non-hydrogen) atoms. The minimum Gasteiger partial charge on any atom is -0.503 e. The topological polar surface area (TPSA) is 102 Å². The molecule has 0 radical (unpaired) electrons. The Bertz CT molecular complexity index is 1130. The summed E-state index contributed by atoms with van der Waals surface area (Å²) in [6.07, 6.45) is 1.92. The van der Waals surface area contributed by atoms with Gasteiger partial charge in [0.1, 0.15) is 5.76 Å². The van der Waals surface area contributed by atoms with Gasteiger partial charge >= 0.3 is 0 Å². The molecular weight excluding hydrogens is 476 g/mol. The molecule has 200 valence electrons. The first-order valence-corrected chi connectivity index (χ1v) is 13.0. The second-order valence-electron chi connectivity index (χ2n) is 9.20. The summed E-state index contributed by atoms with van der Waals surface area (Å²) in [4.78, 5) is 30.6. The number of morpholine rings is 1. The Hall–Kier alpha value is -3.30. The van der Waals surface area contributed by atoms with E-state index in [1.54, 1.807) is 36.1 Å². The molecule has 2 aromatic rings. The predicted molar refractivity (Wildman–Crippen MR) is 137 cm³/mol. The Morgan fingerprint density at radius 1 is 1.08 bits per heavy atom. The highest BCUT2D eigenvalue weighted by Crippen LogP contribution is 2.42. The van der Waals surface area contributed by atoms with Crippen molar-refractivity contribution in [1.82, 2.24) is 9.80 Å². The molecule has 3 heterocycles. The molecule has 0 spiro atoms. The van der Waals surface area contributed by atoms with Gasteiger partial charge in [-0.15, -0.1) is 0 Å². The molecule has 1 unspecified atom stereocenters. The SMILES string of the molecule is CCCCOc1ccc(C2C(C(=O)c3ccc(C)o3)=C(O)C(=O)N2CCN2CCOCC2)cc1OCC. The maximum absolute atomic E-state index is 13.5. The summed E-state index contributed by atoms with van der Waals surface area (Å²) in [7, 11) is 0. The van der Waals surface area contributed by atoms with Crippen LogP contribution in [0.15, 0.2) is 46.1 Å². The Morgan fingerprint density at radius 2 is 1.86 bits per heavy atom. The molecule has 1 fully saturated rings. The number of unbranched alkanes of at least 4 members (excludes halogenated alkanes) is 1. The molecule has 9 nitrogen and oxygen atoms in total. The van der Waals surface area contributed by atoms with Gasteiger partial charge in [-0.1, -0.05) is 19.4 Å². The van der Waals surface area contributed by atoms with Crippen LogP contribution in [-0.4, -0.2) is 79.2 Å². The summed E-state index contributed by atoms with van der Waals surface area (Å²) in [5, 5.41) is 10.9. The zero-order chi connectivity index (χ0) is 26.4. The monoisotopic (exact) mass is 512 g/mol. The Balaban J connectivity index is 1.69. The predicted octanol–water partition coefficient (Wildman–Crippen LogP) is 4.08. The molecule has 1 aromatic heterocycles. The molecule has 0 bridgehead atoms. The van der Waals surface area contributed by atoms with Gasteiger partial charge in [-0.05, 0) is 50.1 Å². The van der Waals surface area contributed by atoms with Crippen molar-refractivity contribution in [1.29, 1.82) is 0 Å². The van der Waals surface area contributed by atoms with Gasteiger partial charge in [-0.3, -0.25) is 14.5 Å². The third-order valence-corrected chi connectivity index (χ3v) is 6.61. The molecule has 4 rings (SSSR count). The van der Waals surface area contributed by atoms with Crippen molar-refractivity contribution in [3.63, 3.8) is 0 Å². The molecule has 1 amide bonds. The first kappa shape index (κ1) is 26.8. The number of aryl methyl sites for hydroxylation is 1. The molecule has 2 aliphatic heterocycles. The number of furan rings is 1. The fraction of sp³-hybridized carbons (Fsp3) is 0.500. The number of carbonyl (C=O) groups is 2. The molecule has 1 atom stereocenters. The van der Waals surface area contributed by atoms with Gasteiger partial charge in [-0.2, -0.15) is 0 Å². The number of ether oxygens (including phenoxy) is 3. The van der Waals surface area contributed by atoms with E-state index in [1.165, 1.54) is 0 Å². The summed E-state index contributed by atoms with van der Waals surface area (Å²) < 4.78 is 22.8. The van der Waals surface area contributed by atoms with E-state index in [1.807, 2.05) is 13.0 Å². The number of benzene rings is 1. The van der Waals surface area contributed by atoms with Gasteiger partial charge in [0.2, 0.25) is 5.78 Å². The van der Waals surface area contributed by atoms with Crippen LogP contribution in [0.4, 0.5) is 0 Å². The fourth-order valence-corrected chi connectivity index (χ4v) is 4.63. The van der Waals surface area contributed by atoms with Crippen LogP contribution >= 0.6 is 0 Å². The number of hydrogen-bond donors (Lipinski definition) is 1. The van der Waals surface area contributed by atoms with E-state index >= 15 is 0 Å². The van der Waals surface area contributed by atoms with Crippen molar-refractivity contribution in [3.8, 4) is 11.5 Å². The van der Waals surface area contributed by atoms with Crippen molar-refractivity contribution in [2.75, 3.05) is 52.6 Å². The van der Waals surface area contributed by atoms with Gasteiger partial charge in [-0.25, -0.2) is 0 Å². The minimum atomic E-state index is -0.796. The second-order valence-corrected chi connectivity index (χ2v) is 9.20. The number of amides is 1. The molecule has 1 saturated heterocycles. The van der Waals surface area contributed by atoms with Crippen LogP contribution in [-0.2, 0) is 9.53 Å². The molecule has 0 aliphatic carbocycles. The van der Waals surface area contributed by atoms with Crippen molar-refractivity contribution >= 4 is 11.7 Å². The van der Waals surface area contributed by atoms with Gasteiger partial charge in [0, 0.05) is 26.2 Å². The zero-order valence-corrected chi connectivity index (χ0v) is 21.8. The van der Waals surface area contributed by atoms with Crippen LogP contribution in [0, 0.1) is 6.92 Å². The number of ketones is 1. The van der Waals surface area contributed by atoms with E-state index in [0.717, 1.165) is 25.9 Å². The van der Waals surface area contributed by atoms with Gasteiger partial charge < -0.3 is 28.6 Å². The van der Waals surface area contributed by atoms with E-state index < -0.39 is 23.5 Å². The van der Waals surface area contributed by atoms with Crippen molar-refractivity contribution in [2.45, 2.75) is 39.7 Å². The maximum atomic E-state index is 13.5. The quantitative estimate of drug-likeness (QED) is 0.335. The smallest absolute Gasteiger partial charge is 0.290 e. The summed E-state index contributed by atoms with van der Waals surface area (Å²) >= 11 is 0. The Labute approximate surface area is 217 Å². The Morgan fingerprint density at radius 3 is 2.54 bits per heavy atom. The highest BCUT2D eigenvalue weighted by atomic mass is 16.5. The normalized spacial score (nSPS) is 18.5. The lowest BCUT2D eigenvalue weighted by Crippen LogP contribution is -2.43. The van der Waals surface area contributed by atoms with Crippen molar-refractivity contribution in [2.24, 2.45) is 0 Å². The first-order valence-electron chi connectivity index (χ1n) is 13.0. The van der Waals surface area contributed by atoms with Crippen LogP contribution < -0.4 is 9.47 Å². The van der Waals surface area contributed by atoms with Crippen LogP contribution in [0.1, 0.15) is 54.6 Å². The van der Waals surface area contributed by atoms with E-state index in [9.17, 15) is 14.7 Å². The summed E-state index contributed by atoms with van der Waals surface area (Å²) in [6.45, 7) is 10.4. The number of aliphatic hydroxyl groups excluding tert-OH is 1. The first-order chi connectivity index (χ1) is 17.9. The number of nitrogens with zero attached hydrogens (tertiary/aromatic N) is 2. The number of aliphatic hydroxyl groups is 1. The molecule has 1 aromatic carbocycles. The van der Waals surface area contributed by atoms with Crippen LogP contribution in [0.5, 0.6) is 11.5 Å². The lowest BCUT2D eigenvalue weighted by Gasteiger charge is -2.31. The zero-order valence-electron chi connectivity index (χ0n) is 21.8. The molecule has 0 saturated carbocycles. The van der Waals surface area contributed by atoms with Gasteiger partial charge in [0.05, 0.1) is 38.0 Å². The van der Waals surface area contributed by atoms with Crippen LogP contribution in [0.25, 0.3) is 0 Å². The third kappa shape index (κ3) is 5.99. The standard InChI is InChI=1S/C28H36N2O7/c1-4-6-15-36-21-10-8-20(18-23(21)35-5-2)25-24(26(31)22-9-7-19(3)37-22)27(32)28(33)30(25)12-11-29-13-16-34-17-14-29/h7-10,18,25,32H,4-6,11-17H2,1-3H3. The molecule has 1 N–H and O–H groups in total. The highest BCUT2D eigenvalue weighted by Gasteiger charge is 2.44. The van der Waals surface area contributed by atoms with Gasteiger partial charge in [0.15, 0.2) is 23.0 Å². The summed E-state index contributed by atoms with van der Waals surface area (Å²) in [6, 6.07) is 7.87. The lowest BCUT2D eigenvalue weighted by molar-refractivity contribution is -0.129. The van der Waals surface area contributed by atoms with E-state index in [-0.39, 0.29) is 11.3 Å². The van der Waals surface area contributed by atoms with Gasteiger partial charge in [0.25, 0.3) is 5.91 Å². The number of rotatable bonds is 12. The largest absolute Gasteiger partial charge is 0.503 e. The maximum Gasteiger partial charge on any atom is 0.290 e. The number of carbonyl (C=O) groups excluding carboxylic acids is 2. The lowest BCUT2D eigenvalue weighted by atomic mass is 9.94. The number of Topliss-reactive ketones (excluding diaryl/α,β-unsaturated/α-hetero) is 1. The average Bonchev–Trinajstić information content (AvgIpc) is 3.45. The van der Waals surface area contributed by atoms with Crippen LogP contribution in [0.3, 0.4) is 0 Å².